The van der Waals surface area contributed by atoms with E-state index in [9.17, 15) is 24.3 Å². The zero-order valence-electron chi connectivity index (χ0n) is 23.3. The summed E-state index contributed by atoms with van der Waals surface area (Å²) in [6.45, 7) is -3.82. The number of nitrogens with two attached hydrogens (primary N) is 1. The van der Waals surface area contributed by atoms with Crippen molar-refractivity contribution in [3.05, 3.63) is 11.2 Å². The predicted molar refractivity (Wildman–Crippen MR) is 158 cm³/mol. The summed E-state index contributed by atoms with van der Waals surface area (Å²) in [5, 5.41) is 12.9. The summed E-state index contributed by atoms with van der Waals surface area (Å²) in [4.78, 5) is 53.4. The van der Waals surface area contributed by atoms with Crippen LogP contribution in [0, 0.1) is 5.92 Å². The minimum Gasteiger partial charge on any atom is -0.396 e. The Kier molecular flexibility index (Phi) is 8.30. The number of aliphatic imine (C=N–C) groups is 2. The number of phosphoric acid groups is 1. The highest BCUT2D eigenvalue weighted by Gasteiger charge is 2.55. The molecule has 11 atom stereocenters. The lowest BCUT2D eigenvalue weighted by molar-refractivity contribution is -0.124. The third-order valence-electron chi connectivity index (χ3n) is 7.99. The number of ether oxygens (including phenoxy) is 2. The van der Waals surface area contributed by atoms with Crippen LogP contribution in [0.2, 0.25) is 0 Å². The Morgan fingerprint density at radius 1 is 1.16 bits per heavy atom. The van der Waals surface area contributed by atoms with E-state index in [-0.39, 0.29) is 24.8 Å². The first-order chi connectivity index (χ1) is 21.4. The van der Waals surface area contributed by atoms with Gasteiger partial charge >= 0.3 is 14.5 Å². The maximum atomic E-state index is 13.4. The van der Waals surface area contributed by atoms with Gasteiger partial charge < -0.3 is 49.4 Å². The number of aliphatic hydroxyl groups is 1. The number of fused-ring (bicyclic) bond motifs is 5. The lowest BCUT2D eigenvalue weighted by Crippen LogP contribution is -2.55. The summed E-state index contributed by atoms with van der Waals surface area (Å²) in [5.74, 6) is -0.808. The number of nitrogens with one attached hydrogen (secondary N) is 1. The molecule has 5 aliphatic heterocycles. The molecule has 19 nitrogen and oxygen atoms in total. The van der Waals surface area contributed by atoms with E-state index in [1.54, 1.807) is 6.92 Å². The normalized spacial score (nSPS) is 42.0. The van der Waals surface area contributed by atoms with Crippen LogP contribution in [0.3, 0.4) is 0 Å². The fourth-order valence-electron chi connectivity index (χ4n) is 5.91. The van der Waals surface area contributed by atoms with Crippen LogP contribution in [0.15, 0.2) is 16.3 Å². The molecule has 45 heavy (non-hydrogen) atoms. The first-order valence-corrected chi connectivity index (χ1v) is 18.5. The largest absolute Gasteiger partial charge is 0.472 e. The summed E-state index contributed by atoms with van der Waals surface area (Å²) in [6.07, 6.45) is -4.15. The van der Waals surface area contributed by atoms with E-state index in [2.05, 4.69) is 29.6 Å². The molecule has 7 rings (SSSR count). The van der Waals surface area contributed by atoms with Gasteiger partial charge in [0.2, 0.25) is 0 Å². The van der Waals surface area contributed by atoms with Crippen molar-refractivity contribution in [2.75, 3.05) is 25.6 Å². The van der Waals surface area contributed by atoms with Gasteiger partial charge in [0.25, 0.3) is 5.91 Å². The molecule has 0 spiro atoms. The Bertz CT molecular complexity index is 1670. The van der Waals surface area contributed by atoms with Crippen molar-refractivity contribution in [3.8, 4) is 0 Å². The zero-order valence-corrected chi connectivity index (χ0v) is 26.7. The zero-order chi connectivity index (χ0) is 31.7. The van der Waals surface area contributed by atoms with Crippen molar-refractivity contribution in [3.63, 3.8) is 0 Å². The second-order valence-electron chi connectivity index (χ2n) is 10.8. The molecule has 2 bridgehead atoms. The predicted octanol–water partition coefficient (Wildman–Crippen LogP) is -0.447. The third kappa shape index (κ3) is 5.95. The molecule has 23 heteroatoms. The van der Waals surface area contributed by atoms with Crippen molar-refractivity contribution in [2.24, 2.45) is 15.9 Å². The highest BCUT2D eigenvalue weighted by atomic mass is 32.5. The van der Waals surface area contributed by atoms with Crippen LogP contribution >= 0.6 is 26.1 Å². The molecule has 244 valence electrons. The maximum Gasteiger partial charge on any atom is 0.472 e. The number of carbonyl (C=O) groups excluding carboxylic acids is 1. The van der Waals surface area contributed by atoms with E-state index in [0.29, 0.717) is 21.7 Å². The molecular formula is C22H28N8O11P2S2. The van der Waals surface area contributed by atoms with Gasteiger partial charge in [-0.1, -0.05) is 0 Å². The number of amidine groups is 1. The van der Waals surface area contributed by atoms with E-state index in [1.165, 1.54) is 17.6 Å². The maximum absolute atomic E-state index is 13.4. The van der Waals surface area contributed by atoms with Crippen LogP contribution in [0.4, 0.5) is 5.82 Å². The first kappa shape index (κ1) is 31.5. The van der Waals surface area contributed by atoms with Crippen LogP contribution < -0.4 is 11.1 Å². The Morgan fingerprint density at radius 3 is 2.76 bits per heavy atom. The number of amides is 1. The fraction of sp³-hybridized carbons (Fsp3) is 0.636. The number of aliphatic hydroxyl groups excluding tert-OH is 1. The summed E-state index contributed by atoms with van der Waals surface area (Å²) < 4.78 is 52.6. The Morgan fingerprint density at radius 2 is 1.96 bits per heavy atom. The minimum atomic E-state index is -4.87. The molecule has 3 saturated heterocycles. The van der Waals surface area contributed by atoms with Gasteiger partial charge in [-0.25, -0.2) is 19.5 Å². The fourth-order valence-corrected chi connectivity index (χ4v) is 9.22. The standard InChI is InChI=1S/C22H28N8O11P2S2/c1-8-27-20-16(21(32)28-8)26-7-30(20)22-17-9(3-31)12(39-22)4-37-43(35,44)40-10-2-11(38-13(10)5-36-42(33,34)41-17)18-14-15(29-45-18)19(23)25-6-24-14/h6-7,9-13,16-17,20,22,31H,2-5H2,1H3,(H,33,34)(H,35,44)(H2,23,24,25)(H,27,28,32)/t9-,10+,11-,12-,13-,16?,17-,20?,22-,43?/m1/s1. The number of nitrogens with zero attached hydrogens (tertiary/aromatic N) is 6. The Hall–Kier alpha value is -2.10. The lowest BCUT2D eigenvalue weighted by atomic mass is 9.99. The molecule has 4 unspecified atom stereocenters. The molecule has 1 amide bonds. The summed E-state index contributed by atoms with van der Waals surface area (Å²) in [7, 11) is -4.87. The van der Waals surface area contributed by atoms with Crippen molar-refractivity contribution >= 4 is 72.8 Å². The summed E-state index contributed by atoms with van der Waals surface area (Å²) in [6, 6.07) is -0.899. The van der Waals surface area contributed by atoms with Crippen molar-refractivity contribution in [1.82, 2.24) is 24.6 Å². The van der Waals surface area contributed by atoms with Gasteiger partial charge in [0, 0.05) is 12.3 Å². The SMILES string of the molecule is CC1=NC2C(N=CN2[C@@H]2O[C@@H]3COP(O)(=S)O[C@H]4C[C@H](c5snc6c(N)ncnc56)O[C@@H]4COP(=O)(O)O[C@@H]2[C@@H]3CO)C(=O)N1. The highest BCUT2D eigenvalue weighted by Crippen LogP contribution is 2.54. The van der Waals surface area contributed by atoms with Gasteiger partial charge in [-0.15, -0.1) is 0 Å². The van der Waals surface area contributed by atoms with E-state index in [4.69, 9.17) is 45.1 Å². The molecule has 0 radical (unpaired) electrons. The minimum absolute atomic E-state index is 0.141. The number of aromatic nitrogens is 3. The van der Waals surface area contributed by atoms with Crippen LogP contribution in [-0.4, -0.2) is 115 Å². The smallest absolute Gasteiger partial charge is 0.396 e. The molecule has 2 aromatic rings. The Balaban J connectivity index is 1.16. The number of anilines is 1. The molecule has 7 heterocycles. The number of hydrogen-bond donors (Lipinski definition) is 5. The average Bonchev–Trinajstić information content (AvgIpc) is 3.74. The molecule has 3 fully saturated rings. The lowest BCUT2D eigenvalue weighted by Gasteiger charge is -2.35. The quantitative estimate of drug-likeness (QED) is 0.253. The number of carbonyl (C=O) groups is 1. The molecule has 5 aliphatic rings. The van der Waals surface area contributed by atoms with E-state index in [1.807, 2.05) is 0 Å². The summed E-state index contributed by atoms with van der Waals surface area (Å²) >= 11 is 6.42. The molecule has 0 saturated carbocycles. The van der Waals surface area contributed by atoms with Gasteiger partial charge in [0.05, 0.1) is 49.3 Å². The van der Waals surface area contributed by atoms with Crippen molar-refractivity contribution in [2.45, 2.75) is 62.3 Å². The van der Waals surface area contributed by atoms with Crippen LogP contribution in [0.25, 0.3) is 11.0 Å². The van der Waals surface area contributed by atoms with Gasteiger partial charge in [-0.2, -0.15) is 4.37 Å². The molecule has 6 N–H and O–H groups in total. The first-order valence-electron chi connectivity index (χ1n) is 13.7. The van der Waals surface area contributed by atoms with Gasteiger partial charge in [-0.05, 0) is 30.3 Å². The Labute approximate surface area is 263 Å². The third-order valence-corrected chi connectivity index (χ3v) is 11.5. The number of phosphoric ester groups is 1. The van der Waals surface area contributed by atoms with Crippen LogP contribution in [-0.2, 0) is 48.7 Å². The molecular weight excluding hydrogens is 678 g/mol. The van der Waals surface area contributed by atoms with Crippen molar-refractivity contribution < 1.29 is 51.8 Å². The molecule has 2 aromatic heterocycles. The number of hydrogen-bond acceptors (Lipinski definition) is 18. The van der Waals surface area contributed by atoms with Gasteiger partial charge in [0.1, 0.15) is 35.4 Å². The van der Waals surface area contributed by atoms with Crippen LogP contribution in [0.5, 0.6) is 0 Å². The van der Waals surface area contributed by atoms with E-state index in [0.717, 1.165) is 11.5 Å². The second kappa shape index (κ2) is 11.9. The van der Waals surface area contributed by atoms with Crippen molar-refractivity contribution in [1.29, 1.82) is 0 Å². The molecule has 0 aliphatic carbocycles. The van der Waals surface area contributed by atoms with Crippen LogP contribution in [0.1, 0.15) is 24.3 Å². The molecule has 0 aromatic carbocycles. The average molecular weight is 707 g/mol. The number of rotatable bonds is 3. The van der Waals surface area contributed by atoms with E-state index >= 15 is 0 Å². The number of nitrogen functional groups attached to an aromatic ring is 1. The monoisotopic (exact) mass is 706 g/mol. The highest BCUT2D eigenvalue weighted by molar-refractivity contribution is 8.07. The van der Waals surface area contributed by atoms with E-state index < -0.39 is 82.6 Å². The second-order valence-corrected chi connectivity index (χ2v) is 15.8. The topological polar surface area (TPSA) is 255 Å². The summed E-state index contributed by atoms with van der Waals surface area (Å²) in [5.41, 5.74) is 6.80. The van der Waals surface area contributed by atoms with Gasteiger partial charge in [-0.3, -0.25) is 18.8 Å². The van der Waals surface area contributed by atoms with Gasteiger partial charge in [0.15, 0.2) is 24.3 Å².